The van der Waals surface area contributed by atoms with E-state index >= 15 is 0 Å². The number of nitrogens with two attached hydrogens (primary N) is 1. The number of nitrogens with one attached hydrogen (secondary N) is 1. The maximum absolute atomic E-state index is 11.2. The van der Waals surface area contributed by atoms with Crippen molar-refractivity contribution in [2.24, 2.45) is 5.73 Å². The fraction of sp³-hybridized carbons (Fsp3) is 0.417. The molecule has 2 aliphatic rings. The Morgan fingerprint density at radius 3 is 2.88 bits per heavy atom. The maximum Gasteiger partial charge on any atom is 0.228 e. The van der Waals surface area contributed by atoms with Gasteiger partial charge in [0.2, 0.25) is 5.91 Å². The zero-order chi connectivity index (χ0) is 11.3. The molecule has 1 fully saturated rings. The number of aliphatic hydroxyl groups excluding tert-OH is 1. The molecule has 1 aromatic rings. The molecule has 84 valence electrons. The molecule has 0 radical (unpaired) electrons. The highest BCUT2D eigenvalue weighted by atomic mass is 16.3. The highest BCUT2D eigenvalue weighted by Gasteiger charge is 2.45. The topological polar surface area (TPSA) is 75.3 Å². The minimum atomic E-state index is -0.617. The monoisotopic (exact) mass is 218 g/mol. The summed E-state index contributed by atoms with van der Waals surface area (Å²) in [6, 6.07) is 5.55. The second kappa shape index (κ2) is 3.06. The highest BCUT2D eigenvalue weighted by molar-refractivity contribution is 5.99. The first kappa shape index (κ1) is 9.81. The van der Waals surface area contributed by atoms with E-state index in [-0.39, 0.29) is 5.91 Å². The van der Waals surface area contributed by atoms with Crippen LogP contribution in [0.2, 0.25) is 0 Å². The first-order valence-electron chi connectivity index (χ1n) is 5.48. The SMILES string of the molecule is NC1(C(O)c2ccc3c(c2)CC(=O)N3)CC1. The molecule has 1 unspecified atom stereocenters. The molecule has 4 nitrogen and oxygen atoms in total. The summed E-state index contributed by atoms with van der Waals surface area (Å²) in [7, 11) is 0. The highest BCUT2D eigenvalue weighted by Crippen LogP contribution is 2.44. The van der Waals surface area contributed by atoms with Gasteiger partial charge in [0.05, 0.1) is 12.5 Å². The molecule has 0 aromatic heterocycles. The molecular weight excluding hydrogens is 204 g/mol. The van der Waals surface area contributed by atoms with Gasteiger partial charge in [0, 0.05) is 11.2 Å². The number of carbonyl (C=O) groups is 1. The van der Waals surface area contributed by atoms with Crippen LogP contribution in [0.3, 0.4) is 0 Å². The van der Waals surface area contributed by atoms with Crippen molar-refractivity contribution in [1.29, 1.82) is 0 Å². The smallest absolute Gasteiger partial charge is 0.228 e. The van der Waals surface area contributed by atoms with Gasteiger partial charge in [-0.3, -0.25) is 4.79 Å². The van der Waals surface area contributed by atoms with Gasteiger partial charge in [-0.2, -0.15) is 0 Å². The van der Waals surface area contributed by atoms with E-state index in [4.69, 9.17) is 5.73 Å². The van der Waals surface area contributed by atoms with Crippen LogP contribution in [0.4, 0.5) is 5.69 Å². The van der Waals surface area contributed by atoms with Gasteiger partial charge < -0.3 is 16.2 Å². The Labute approximate surface area is 93.5 Å². The van der Waals surface area contributed by atoms with Crippen LogP contribution in [0.1, 0.15) is 30.1 Å². The molecule has 1 atom stereocenters. The van der Waals surface area contributed by atoms with Gasteiger partial charge in [-0.05, 0) is 30.0 Å². The number of carbonyl (C=O) groups excluding carboxylic acids is 1. The maximum atomic E-state index is 11.2. The number of aliphatic hydroxyl groups is 1. The summed E-state index contributed by atoms with van der Waals surface area (Å²) in [6.07, 6.45) is 1.51. The molecule has 1 amide bonds. The summed E-state index contributed by atoms with van der Waals surface area (Å²) < 4.78 is 0. The van der Waals surface area contributed by atoms with Gasteiger partial charge in [0.25, 0.3) is 0 Å². The predicted octanol–water partition coefficient (Wildman–Crippen LogP) is 0.706. The van der Waals surface area contributed by atoms with Crippen molar-refractivity contribution >= 4 is 11.6 Å². The molecule has 1 aliphatic heterocycles. The summed E-state index contributed by atoms with van der Waals surface area (Å²) in [6.45, 7) is 0. The third-order valence-electron chi connectivity index (χ3n) is 3.44. The zero-order valence-electron chi connectivity index (χ0n) is 8.86. The lowest BCUT2D eigenvalue weighted by molar-refractivity contribution is -0.115. The van der Waals surface area contributed by atoms with Crippen molar-refractivity contribution in [3.8, 4) is 0 Å². The van der Waals surface area contributed by atoms with Crippen molar-refractivity contribution < 1.29 is 9.90 Å². The van der Waals surface area contributed by atoms with E-state index in [9.17, 15) is 9.90 Å². The molecule has 4 N–H and O–H groups in total. The van der Waals surface area contributed by atoms with Crippen molar-refractivity contribution in [3.63, 3.8) is 0 Å². The van der Waals surface area contributed by atoms with Gasteiger partial charge in [-0.25, -0.2) is 0 Å². The third-order valence-corrected chi connectivity index (χ3v) is 3.44. The van der Waals surface area contributed by atoms with E-state index in [0.29, 0.717) is 6.42 Å². The summed E-state index contributed by atoms with van der Waals surface area (Å²) in [5.41, 5.74) is 8.14. The molecular formula is C12H14N2O2. The minimum absolute atomic E-state index is 0.00974. The van der Waals surface area contributed by atoms with Gasteiger partial charge >= 0.3 is 0 Å². The van der Waals surface area contributed by atoms with Crippen LogP contribution < -0.4 is 11.1 Å². The van der Waals surface area contributed by atoms with Crippen molar-refractivity contribution in [3.05, 3.63) is 29.3 Å². The Hall–Kier alpha value is -1.39. The van der Waals surface area contributed by atoms with Crippen LogP contribution in [-0.4, -0.2) is 16.6 Å². The number of benzene rings is 1. The molecule has 3 rings (SSSR count). The lowest BCUT2D eigenvalue weighted by atomic mass is 9.98. The van der Waals surface area contributed by atoms with Crippen LogP contribution in [0.25, 0.3) is 0 Å². The van der Waals surface area contributed by atoms with E-state index in [1.54, 1.807) is 0 Å². The molecule has 1 heterocycles. The number of anilines is 1. The molecule has 1 aliphatic carbocycles. The fourth-order valence-electron chi connectivity index (χ4n) is 2.17. The molecule has 0 bridgehead atoms. The average Bonchev–Trinajstić information content (AvgIpc) is 2.89. The minimum Gasteiger partial charge on any atom is -0.386 e. The van der Waals surface area contributed by atoms with E-state index in [0.717, 1.165) is 29.7 Å². The molecule has 1 saturated carbocycles. The first-order chi connectivity index (χ1) is 7.58. The third kappa shape index (κ3) is 1.42. The zero-order valence-corrected chi connectivity index (χ0v) is 8.86. The number of amides is 1. The lowest BCUT2D eigenvalue weighted by Gasteiger charge is -2.18. The second-order valence-corrected chi connectivity index (χ2v) is 4.78. The van der Waals surface area contributed by atoms with Crippen LogP contribution in [0, 0.1) is 0 Å². The van der Waals surface area contributed by atoms with Crippen molar-refractivity contribution in [1.82, 2.24) is 0 Å². The van der Waals surface area contributed by atoms with Crippen LogP contribution in [-0.2, 0) is 11.2 Å². The molecule has 4 heteroatoms. The Balaban J connectivity index is 1.93. The summed E-state index contributed by atoms with van der Waals surface area (Å²) in [5, 5.41) is 12.9. The standard InChI is InChI=1S/C12H14N2O2/c13-12(3-4-12)11(16)7-1-2-9-8(5-7)6-10(15)14-9/h1-2,5,11,16H,3-4,6,13H2,(H,14,15). The van der Waals surface area contributed by atoms with E-state index in [1.165, 1.54) is 0 Å². The number of hydrogen-bond acceptors (Lipinski definition) is 3. The molecule has 16 heavy (non-hydrogen) atoms. The first-order valence-corrected chi connectivity index (χ1v) is 5.48. The van der Waals surface area contributed by atoms with Crippen LogP contribution in [0.5, 0.6) is 0 Å². The van der Waals surface area contributed by atoms with Crippen LogP contribution >= 0.6 is 0 Å². The van der Waals surface area contributed by atoms with Crippen molar-refractivity contribution in [2.75, 3.05) is 5.32 Å². The normalized spacial score (nSPS) is 22.5. The Kier molecular flexibility index (Phi) is 1.87. The van der Waals surface area contributed by atoms with Gasteiger partial charge in [0.1, 0.15) is 0 Å². The van der Waals surface area contributed by atoms with Gasteiger partial charge in [0.15, 0.2) is 0 Å². The Morgan fingerprint density at radius 1 is 1.44 bits per heavy atom. The lowest BCUT2D eigenvalue weighted by Crippen LogP contribution is -2.30. The fourth-order valence-corrected chi connectivity index (χ4v) is 2.17. The van der Waals surface area contributed by atoms with Crippen molar-refractivity contribution in [2.45, 2.75) is 30.9 Å². The number of rotatable bonds is 2. The van der Waals surface area contributed by atoms with Gasteiger partial charge in [-0.1, -0.05) is 12.1 Å². The van der Waals surface area contributed by atoms with E-state index < -0.39 is 11.6 Å². The Bertz CT molecular complexity index is 466. The van der Waals surface area contributed by atoms with E-state index in [1.807, 2.05) is 18.2 Å². The summed E-state index contributed by atoms with van der Waals surface area (Å²) in [5.74, 6) is 0.00974. The predicted molar refractivity (Wildman–Crippen MR) is 59.9 cm³/mol. The molecule has 0 spiro atoms. The summed E-state index contributed by atoms with van der Waals surface area (Å²) >= 11 is 0. The van der Waals surface area contributed by atoms with Crippen LogP contribution in [0.15, 0.2) is 18.2 Å². The Morgan fingerprint density at radius 2 is 2.19 bits per heavy atom. The quantitative estimate of drug-likeness (QED) is 0.684. The van der Waals surface area contributed by atoms with E-state index in [2.05, 4.69) is 5.32 Å². The number of fused-ring (bicyclic) bond motifs is 1. The average molecular weight is 218 g/mol. The largest absolute Gasteiger partial charge is 0.386 e. The molecule has 0 saturated heterocycles. The molecule has 1 aromatic carbocycles. The second-order valence-electron chi connectivity index (χ2n) is 4.78. The summed E-state index contributed by atoms with van der Waals surface area (Å²) in [4.78, 5) is 11.2. The van der Waals surface area contributed by atoms with Gasteiger partial charge in [-0.15, -0.1) is 0 Å². The number of hydrogen-bond donors (Lipinski definition) is 3.